The van der Waals surface area contributed by atoms with Crippen molar-refractivity contribution in [3.05, 3.63) is 30.1 Å². The zero-order valence-corrected chi connectivity index (χ0v) is 12.1. The van der Waals surface area contributed by atoms with Gasteiger partial charge in [0.1, 0.15) is 11.9 Å². The van der Waals surface area contributed by atoms with Crippen molar-refractivity contribution in [1.82, 2.24) is 15.6 Å². The van der Waals surface area contributed by atoms with E-state index in [1.807, 2.05) is 0 Å². The van der Waals surface area contributed by atoms with Gasteiger partial charge in [-0.15, -0.1) is 0 Å². The van der Waals surface area contributed by atoms with Gasteiger partial charge in [0.25, 0.3) is 5.91 Å². The molecule has 0 spiro atoms. The lowest BCUT2D eigenvalue weighted by Crippen LogP contribution is -2.51. The zero-order chi connectivity index (χ0) is 15.5. The molecule has 1 heterocycles. The lowest BCUT2D eigenvalue weighted by molar-refractivity contribution is -0.124. The van der Waals surface area contributed by atoms with E-state index in [9.17, 15) is 14.0 Å². The lowest BCUT2D eigenvalue weighted by atomic mass is 10.2. The predicted molar refractivity (Wildman–Crippen MR) is 79.4 cm³/mol. The van der Waals surface area contributed by atoms with Crippen LogP contribution in [0.3, 0.4) is 0 Å². The minimum Gasteiger partial charge on any atom is -0.335 e. The van der Waals surface area contributed by atoms with Gasteiger partial charge in [0.2, 0.25) is 0 Å². The number of hydrogen-bond donors (Lipinski definition) is 3. The van der Waals surface area contributed by atoms with Crippen LogP contribution in [0.1, 0.15) is 25.7 Å². The highest BCUT2D eigenvalue weighted by Crippen LogP contribution is 2.22. The molecule has 2 fully saturated rings. The Kier molecular flexibility index (Phi) is 4.13. The smallest absolute Gasteiger partial charge is 0.318 e. The van der Waals surface area contributed by atoms with Gasteiger partial charge in [-0.05, 0) is 37.8 Å². The summed E-state index contributed by atoms with van der Waals surface area (Å²) in [5, 5.41) is 2.89. The van der Waals surface area contributed by atoms with Gasteiger partial charge >= 0.3 is 6.03 Å². The van der Waals surface area contributed by atoms with Gasteiger partial charge in [0, 0.05) is 12.6 Å². The highest BCUT2D eigenvalue weighted by Gasteiger charge is 2.36. The molecule has 1 saturated carbocycles. The van der Waals surface area contributed by atoms with Gasteiger partial charge in [-0.25, -0.2) is 9.18 Å². The van der Waals surface area contributed by atoms with Crippen LogP contribution in [0.5, 0.6) is 0 Å². The van der Waals surface area contributed by atoms with Crippen molar-refractivity contribution < 1.29 is 14.0 Å². The van der Waals surface area contributed by atoms with Crippen molar-refractivity contribution in [2.75, 3.05) is 12.0 Å². The van der Waals surface area contributed by atoms with Crippen LogP contribution in [-0.4, -0.2) is 35.5 Å². The number of benzene rings is 1. The fraction of sp³-hybridized carbons (Fsp3) is 0.467. The third kappa shape index (κ3) is 3.29. The Labute approximate surface area is 128 Å². The Balaban J connectivity index is 1.56. The maximum Gasteiger partial charge on any atom is 0.318 e. The number of carbonyl (C=O) groups excluding carboxylic acids is 2. The third-order valence-corrected chi connectivity index (χ3v) is 3.92. The molecule has 1 aliphatic heterocycles. The van der Waals surface area contributed by atoms with Gasteiger partial charge < -0.3 is 10.2 Å². The molecule has 0 bridgehead atoms. The summed E-state index contributed by atoms with van der Waals surface area (Å²) in [5.41, 5.74) is 5.25. The molecule has 1 aliphatic carbocycles. The number of para-hydroxylation sites is 1. The number of nitrogens with zero attached hydrogens (tertiary/aromatic N) is 1. The summed E-state index contributed by atoms with van der Waals surface area (Å²) in [4.78, 5) is 25.9. The molecule has 1 aromatic carbocycles. The maximum atomic E-state index is 13.5. The second-order valence-electron chi connectivity index (χ2n) is 5.67. The van der Waals surface area contributed by atoms with E-state index in [0.29, 0.717) is 13.0 Å². The molecule has 3 rings (SSSR count). The van der Waals surface area contributed by atoms with E-state index >= 15 is 0 Å². The maximum absolute atomic E-state index is 13.5. The van der Waals surface area contributed by atoms with E-state index in [0.717, 1.165) is 19.3 Å². The van der Waals surface area contributed by atoms with Crippen LogP contribution >= 0.6 is 0 Å². The second kappa shape index (κ2) is 6.21. The van der Waals surface area contributed by atoms with E-state index in [1.54, 1.807) is 17.0 Å². The number of hydrogen-bond acceptors (Lipinski definition) is 3. The van der Waals surface area contributed by atoms with Crippen LogP contribution in [0.25, 0.3) is 0 Å². The van der Waals surface area contributed by atoms with E-state index in [-0.39, 0.29) is 23.7 Å². The Bertz CT molecular complexity index is 576. The molecule has 0 aromatic heterocycles. The van der Waals surface area contributed by atoms with Gasteiger partial charge in [0.05, 0.1) is 5.69 Å². The molecular weight excluding hydrogens is 287 g/mol. The first-order valence-electron chi connectivity index (χ1n) is 7.52. The average molecular weight is 306 g/mol. The minimum atomic E-state index is -0.516. The van der Waals surface area contributed by atoms with E-state index in [1.165, 1.54) is 12.1 Å². The molecule has 1 atom stereocenters. The van der Waals surface area contributed by atoms with Gasteiger partial charge in [-0.1, -0.05) is 12.1 Å². The van der Waals surface area contributed by atoms with Crippen molar-refractivity contribution in [3.8, 4) is 0 Å². The summed E-state index contributed by atoms with van der Waals surface area (Å²) in [7, 11) is 0. The van der Waals surface area contributed by atoms with Crippen molar-refractivity contribution in [2.45, 2.75) is 37.8 Å². The number of nitrogens with one attached hydrogen (secondary N) is 3. The number of hydrazine groups is 1. The minimum absolute atomic E-state index is 0.189. The quantitative estimate of drug-likeness (QED) is 0.740. The lowest BCUT2D eigenvalue weighted by Gasteiger charge is -2.24. The SMILES string of the molecule is O=C(NNc1ccccc1F)C1CCCN1C(=O)NC1CC1. The molecule has 118 valence electrons. The first kappa shape index (κ1) is 14.6. The fourth-order valence-electron chi connectivity index (χ4n) is 2.54. The standard InChI is InChI=1S/C15H19FN4O2/c16-11-4-1-2-5-12(11)18-19-14(21)13-6-3-9-20(13)15(22)17-10-7-8-10/h1-2,4-5,10,13,18H,3,6-9H2,(H,17,22)(H,19,21). The molecule has 22 heavy (non-hydrogen) atoms. The van der Waals surface area contributed by atoms with Crippen molar-refractivity contribution in [2.24, 2.45) is 0 Å². The number of halogens is 1. The Morgan fingerprint density at radius 3 is 2.68 bits per heavy atom. The predicted octanol–water partition coefficient (Wildman–Crippen LogP) is 1.61. The summed E-state index contributed by atoms with van der Waals surface area (Å²) in [6, 6.07) is 5.63. The van der Waals surface area contributed by atoms with Crippen LogP contribution in [0.4, 0.5) is 14.9 Å². The second-order valence-corrected chi connectivity index (χ2v) is 5.67. The van der Waals surface area contributed by atoms with Crippen LogP contribution in [0.2, 0.25) is 0 Å². The van der Waals surface area contributed by atoms with E-state index < -0.39 is 11.9 Å². The van der Waals surface area contributed by atoms with Gasteiger partial charge in [-0.2, -0.15) is 0 Å². The van der Waals surface area contributed by atoms with E-state index in [2.05, 4.69) is 16.2 Å². The third-order valence-electron chi connectivity index (χ3n) is 3.92. The van der Waals surface area contributed by atoms with Gasteiger partial charge in [0.15, 0.2) is 0 Å². The van der Waals surface area contributed by atoms with E-state index in [4.69, 9.17) is 0 Å². The normalized spacial score (nSPS) is 20.6. The summed E-state index contributed by atoms with van der Waals surface area (Å²) in [5.74, 6) is -0.774. The van der Waals surface area contributed by atoms with Crippen molar-refractivity contribution in [1.29, 1.82) is 0 Å². The molecule has 7 heteroatoms. The summed E-state index contributed by atoms with van der Waals surface area (Å²) in [6.07, 6.45) is 3.41. The van der Waals surface area contributed by atoms with Crippen molar-refractivity contribution in [3.63, 3.8) is 0 Å². The number of amides is 3. The molecular formula is C15H19FN4O2. The monoisotopic (exact) mass is 306 g/mol. The largest absolute Gasteiger partial charge is 0.335 e. The molecule has 6 nitrogen and oxygen atoms in total. The number of likely N-dealkylation sites (tertiary alicyclic amines) is 1. The highest BCUT2D eigenvalue weighted by atomic mass is 19.1. The Morgan fingerprint density at radius 2 is 1.95 bits per heavy atom. The molecule has 1 aromatic rings. The molecule has 3 amide bonds. The fourth-order valence-corrected chi connectivity index (χ4v) is 2.54. The number of urea groups is 1. The summed E-state index contributed by atoms with van der Waals surface area (Å²) in [6.45, 7) is 0.566. The number of anilines is 1. The summed E-state index contributed by atoms with van der Waals surface area (Å²) >= 11 is 0. The Morgan fingerprint density at radius 1 is 1.18 bits per heavy atom. The van der Waals surface area contributed by atoms with Crippen LogP contribution < -0.4 is 16.2 Å². The highest BCUT2D eigenvalue weighted by molar-refractivity contribution is 5.88. The van der Waals surface area contributed by atoms with Crippen LogP contribution in [-0.2, 0) is 4.79 Å². The first-order chi connectivity index (χ1) is 10.6. The average Bonchev–Trinajstić information content (AvgIpc) is 3.18. The van der Waals surface area contributed by atoms with Crippen LogP contribution in [0.15, 0.2) is 24.3 Å². The zero-order valence-electron chi connectivity index (χ0n) is 12.1. The number of carbonyl (C=O) groups is 2. The molecule has 1 unspecified atom stereocenters. The first-order valence-corrected chi connectivity index (χ1v) is 7.52. The van der Waals surface area contributed by atoms with Crippen molar-refractivity contribution >= 4 is 17.6 Å². The molecule has 1 saturated heterocycles. The van der Waals surface area contributed by atoms with Gasteiger partial charge in [-0.3, -0.25) is 15.6 Å². The van der Waals surface area contributed by atoms with Crippen LogP contribution in [0, 0.1) is 5.82 Å². The summed E-state index contributed by atoms with van der Waals surface area (Å²) < 4.78 is 13.5. The topological polar surface area (TPSA) is 73.5 Å². The molecule has 2 aliphatic rings. The Hall–Kier alpha value is -2.31. The number of rotatable bonds is 4. The molecule has 3 N–H and O–H groups in total. The molecule has 0 radical (unpaired) electrons.